The predicted molar refractivity (Wildman–Crippen MR) is 111 cm³/mol. The molecule has 0 saturated carbocycles. The van der Waals surface area contributed by atoms with Crippen LogP contribution in [-0.2, 0) is 9.53 Å². The Hall–Kier alpha value is -3.39. The molecule has 1 heterocycles. The van der Waals surface area contributed by atoms with Crippen LogP contribution >= 0.6 is 11.3 Å². The highest BCUT2D eigenvalue weighted by Gasteiger charge is 2.16. The Morgan fingerprint density at radius 2 is 1.83 bits per heavy atom. The molecule has 1 N–H and O–H groups in total. The summed E-state index contributed by atoms with van der Waals surface area (Å²) in [6.45, 7) is 1.62. The number of carbonyl (C=O) groups excluding carboxylic acids is 2. The molecule has 0 spiro atoms. The zero-order chi connectivity index (χ0) is 20.8. The number of anilines is 1. The lowest BCUT2D eigenvalue weighted by Gasteiger charge is -2.11. The Bertz CT molecular complexity index is 1020. The van der Waals surface area contributed by atoms with Crippen molar-refractivity contribution in [3.05, 3.63) is 59.8 Å². The van der Waals surface area contributed by atoms with E-state index in [4.69, 9.17) is 9.47 Å². The predicted octanol–water partition coefficient (Wildman–Crippen LogP) is 3.93. The number of carbonyl (C=O) groups is 2. The number of hydrogen-bond acceptors (Lipinski definition) is 7. The van der Waals surface area contributed by atoms with Gasteiger partial charge in [0.2, 0.25) is 0 Å². The maximum atomic E-state index is 12.7. The van der Waals surface area contributed by atoms with Crippen molar-refractivity contribution < 1.29 is 23.8 Å². The molecule has 0 radical (unpaired) electrons. The number of thiazole rings is 1. The lowest BCUT2D eigenvalue weighted by atomic mass is 10.2. The number of rotatable bonds is 7. The fourth-order valence-corrected chi connectivity index (χ4v) is 3.57. The second kappa shape index (κ2) is 9.20. The Morgan fingerprint density at radius 3 is 2.52 bits per heavy atom. The summed E-state index contributed by atoms with van der Waals surface area (Å²) in [6.07, 6.45) is 0. The van der Waals surface area contributed by atoms with Crippen molar-refractivity contribution >= 4 is 28.3 Å². The van der Waals surface area contributed by atoms with Gasteiger partial charge in [0, 0.05) is 5.56 Å². The summed E-state index contributed by atoms with van der Waals surface area (Å²) in [5.74, 6) is -0.203. The van der Waals surface area contributed by atoms with Gasteiger partial charge in [0.15, 0.2) is 23.2 Å². The van der Waals surface area contributed by atoms with E-state index in [-0.39, 0.29) is 18.3 Å². The summed E-state index contributed by atoms with van der Waals surface area (Å²) in [4.78, 5) is 29.5. The first kappa shape index (κ1) is 20.3. The zero-order valence-electron chi connectivity index (χ0n) is 16.2. The molecule has 2 aromatic carbocycles. The number of benzene rings is 2. The Morgan fingerprint density at radius 1 is 1.07 bits per heavy atom. The molecule has 0 atom stereocenters. The van der Waals surface area contributed by atoms with Gasteiger partial charge in [-0.05, 0) is 30.7 Å². The van der Waals surface area contributed by atoms with Gasteiger partial charge in [0.1, 0.15) is 0 Å². The van der Waals surface area contributed by atoms with Gasteiger partial charge in [-0.3, -0.25) is 10.1 Å². The summed E-state index contributed by atoms with van der Waals surface area (Å²) >= 11 is 1.40. The number of aryl methyl sites for hydroxylation is 1. The molecule has 0 aliphatic heterocycles. The molecule has 29 heavy (non-hydrogen) atoms. The first-order valence-corrected chi connectivity index (χ1v) is 9.55. The van der Waals surface area contributed by atoms with Crippen LogP contribution in [0, 0.1) is 6.92 Å². The van der Waals surface area contributed by atoms with Crippen molar-refractivity contribution in [2.24, 2.45) is 0 Å². The van der Waals surface area contributed by atoms with E-state index >= 15 is 0 Å². The second-order valence-electron chi connectivity index (χ2n) is 5.98. The van der Waals surface area contributed by atoms with E-state index in [1.54, 1.807) is 12.1 Å². The van der Waals surface area contributed by atoms with Gasteiger partial charge in [-0.25, -0.2) is 9.78 Å². The minimum absolute atomic E-state index is 0.269. The average Bonchev–Trinajstić information content (AvgIpc) is 3.12. The van der Waals surface area contributed by atoms with Crippen molar-refractivity contribution in [1.82, 2.24) is 4.98 Å². The third kappa shape index (κ3) is 4.91. The van der Waals surface area contributed by atoms with E-state index in [1.807, 2.05) is 37.3 Å². The third-order valence-corrected chi connectivity index (χ3v) is 5.17. The van der Waals surface area contributed by atoms with Crippen molar-refractivity contribution in [2.75, 3.05) is 26.1 Å². The van der Waals surface area contributed by atoms with Gasteiger partial charge in [0.25, 0.3) is 5.91 Å². The van der Waals surface area contributed by atoms with E-state index in [9.17, 15) is 9.59 Å². The highest BCUT2D eigenvalue weighted by Crippen LogP contribution is 2.33. The van der Waals surface area contributed by atoms with Gasteiger partial charge < -0.3 is 14.2 Å². The van der Waals surface area contributed by atoms with Crippen LogP contribution in [0.25, 0.3) is 10.4 Å². The third-order valence-electron chi connectivity index (χ3n) is 4.05. The Labute approximate surface area is 172 Å². The smallest absolute Gasteiger partial charge is 0.343 e. The van der Waals surface area contributed by atoms with Crippen LogP contribution < -0.4 is 14.8 Å². The van der Waals surface area contributed by atoms with Crippen LogP contribution in [0.2, 0.25) is 0 Å². The average molecular weight is 412 g/mol. The number of esters is 1. The first-order valence-electron chi connectivity index (χ1n) is 8.73. The molecule has 7 nitrogen and oxygen atoms in total. The molecule has 8 heteroatoms. The molecule has 3 aromatic rings. The van der Waals surface area contributed by atoms with E-state index in [0.717, 1.165) is 16.1 Å². The summed E-state index contributed by atoms with van der Waals surface area (Å²) in [6, 6.07) is 14.6. The number of methoxy groups -OCH3 is 2. The monoisotopic (exact) mass is 412 g/mol. The van der Waals surface area contributed by atoms with Crippen molar-refractivity contribution in [3.63, 3.8) is 0 Å². The number of nitrogens with zero attached hydrogens (tertiary/aromatic N) is 1. The van der Waals surface area contributed by atoms with Crippen molar-refractivity contribution in [2.45, 2.75) is 6.92 Å². The number of amides is 1. The topological polar surface area (TPSA) is 86.8 Å². The SMILES string of the molecule is COC(=O)COc1cc(C(=O)Nc2nc(C)c(-c3ccccc3)s2)ccc1OC. The fraction of sp³-hybridized carbons (Fsp3) is 0.190. The van der Waals surface area contributed by atoms with Crippen LogP contribution in [0.4, 0.5) is 5.13 Å². The van der Waals surface area contributed by atoms with E-state index in [2.05, 4.69) is 15.0 Å². The highest BCUT2D eigenvalue weighted by atomic mass is 32.1. The summed E-state index contributed by atoms with van der Waals surface area (Å²) in [5.41, 5.74) is 2.24. The minimum atomic E-state index is -0.534. The summed E-state index contributed by atoms with van der Waals surface area (Å²) in [7, 11) is 2.75. The van der Waals surface area contributed by atoms with Crippen LogP contribution in [0.5, 0.6) is 11.5 Å². The molecule has 0 aliphatic rings. The van der Waals surface area contributed by atoms with Crippen molar-refractivity contribution in [1.29, 1.82) is 0 Å². The lowest BCUT2D eigenvalue weighted by molar-refractivity contribution is -0.142. The quantitative estimate of drug-likeness (QED) is 0.592. The Balaban J connectivity index is 1.78. The number of nitrogens with one attached hydrogen (secondary N) is 1. The molecule has 0 aliphatic carbocycles. The zero-order valence-corrected chi connectivity index (χ0v) is 17.0. The number of aromatic nitrogens is 1. The summed E-state index contributed by atoms with van der Waals surface area (Å²) < 4.78 is 15.2. The fourth-order valence-electron chi connectivity index (χ4n) is 2.60. The maximum Gasteiger partial charge on any atom is 0.343 e. The molecule has 150 valence electrons. The van der Waals surface area contributed by atoms with Crippen molar-refractivity contribution in [3.8, 4) is 21.9 Å². The van der Waals surface area contributed by atoms with Gasteiger partial charge in [-0.1, -0.05) is 41.7 Å². The van der Waals surface area contributed by atoms with E-state index in [1.165, 1.54) is 31.6 Å². The first-order chi connectivity index (χ1) is 14.0. The minimum Gasteiger partial charge on any atom is -0.493 e. The van der Waals surface area contributed by atoms with Gasteiger partial charge in [-0.2, -0.15) is 0 Å². The molecular weight excluding hydrogens is 392 g/mol. The molecule has 1 aromatic heterocycles. The Kier molecular flexibility index (Phi) is 6.46. The molecule has 0 fully saturated rings. The van der Waals surface area contributed by atoms with Crippen LogP contribution in [0.1, 0.15) is 16.1 Å². The molecule has 1 amide bonds. The molecule has 0 bridgehead atoms. The lowest BCUT2D eigenvalue weighted by Crippen LogP contribution is -2.15. The molecule has 0 saturated heterocycles. The second-order valence-corrected chi connectivity index (χ2v) is 6.98. The van der Waals surface area contributed by atoms with E-state index < -0.39 is 5.97 Å². The van der Waals surface area contributed by atoms with Gasteiger partial charge in [-0.15, -0.1) is 0 Å². The van der Waals surface area contributed by atoms with Crippen LogP contribution in [-0.4, -0.2) is 37.7 Å². The van der Waals surface area contributed by atoms with Gasteiger partial charge >= 0.3 is 5.97 Å². The molecule has 0 unspecified atom stereocenters. The number of hydrogen-bond donors (Lipinski definition) is 1. The van der Waals surface area contributed by atoms with Crippen LogP contribution in [0.15, 0.2) is 48.5 Å². The maximum absolute atomic E-state index is 12.7. The normalized spacial score (nSPS) is 10.3. The molecule has 3 rings (SSSR count). The number of ether oxygens (including phenoxy) is 3. The largest absolute Gasteiger partial charge is 0.493 e. The van der Waals surface area contributed by atoms with Crippen LogP contribution in [0.3, 0.4) is 0 Å². The standard InChI is InChI=1S/C21H20N2O5S/c1-13-19(14-7-5-4-6-8-14)29-21(22-13)23-20(25)15-9-10-16(26-2)17(11-15)28-12-18(24)27-3/h4-11H,12H2,1-3H3,(H,22,23,25). The highest BCUT2D eigenvalue weighted by molar-refractivity contribution is 7.19. The summed E-state index contributed by atoms with van der Waals surface area (Å²) in [5, 5.41) is 3.31. The van der Waals surface area contributed by atoms with E-state index in [0.29, 0.717) is 16.4 Å². The molecular formula is C21H20N2O5S. The van der Waals surface area contributed by atoms with Gasteiger partial charge in [0.05, 0.1) is 24.8 Å².